The summed E-state index contributed by atoms with van der Waals surface area (Å²) in [6.07, 6.45) is 0. The van der Waals surface area contributed by atoms with Gasteiger partial charge in [0.15, 0.2) is 17.5 Å². The first-order valence-electron chi connectivity index (χ1n) is 18.5. The Morgan fingerprint density at radius 1 is 0.273 bits per heavy atom. The first-order chi connectivity index (χ1) is 27.2. The number of furan rings is 1. The van der Waals surface area contributed by atoms with Gasteiger partial charge in [-0.15, -0.1) is 0 Å². The molecule has 11 rings (SSSR count). The lowest BCUT2D eigenvalue weighted by atomic mass is 9.95. The highest BCUT2D eigenvalue weighted by Gasteiger charge is 2.17. The van der Waals surface area contributed by atoms with Gasteiger partial charge in [-0.3, -0.25) is 0 Å². The van der Waals surface area contributed by atoms with E-state index in [0.29, 0.717) is 17.5 Å². The highest BCUT2D eigenvalue weighted by Crippen LogP contribution is 2.37. The molecule has 0 atom stereocenters. The summed E-state index contributed by atoms with van der Waals surface area (Å²) in [6, 6.07) is 65.9. The van der Waals surface area contributed by atoms with Crippen molar-refractivity contribution >= 4 is 54.3 Å². The number of fused-ring (bicyclic) bond motifs is 6. The molecule has 4 nitrogen and oxygen atoms in total. The lowest BCUT2D eigenvalue weighted by Gasteiger charge is -2.13. The number of aromatic nitrogens is 3. The third kappa shape index (κ3) is 5.43. The first-order valence-corrected chi connectivity index (χ1v) is 18.5. The predicted octanol–water partition coefficient (Wildman–Crippen LogP) is 13.6. The largest absolute Gasteiger partial charge is 0.456 e. The number of hydrogen-bond acceptors (Lipinski definition) is 4. The molecule has 0 amide bonds. The molecule has 9 aromatic carbocycles. The maximum Gasteiger partial charge on any atom is 0.164 e. The highest BCUT2D eigenvalue weighted by atomic mass is 16.3. The van der Waals surface area contributed by atoms with Crippen molar-refractivity contribution in [2.45, 2.75) is 0 Å². The van der Waals surface area contributed by atoms with Crippen LogP contribution in [0.15, 0.2) is 192 Å². The molecule has 2 aromatic heterocycles. The minimum absolute atomic E-state index is 0.617. The molecular weight excluding hydrogens is 671 g/mol. The van der Waals surface area contributed by atoms with Crippen molar-refractivity contribution < 1.29 is 4.42 Å². The van der Waals surface area contributed by atoms with Crippen molar-refractivity contribution in [2.24, 2.45) is 0 Å². The van der Waals surface area contributed by atoms with Gasteiger partial charge in [-0.05, 0) is 91.0 Å². The molecule has 0 aliphatic rings. The molecule has 2 heterocycles. The summed E-state index contributed by atoms with van der Waals surface area (Å²) in [4.78, 5) is 15.6. The summed E-state index contributed by atoms with van der Waals surface area (Å²) in [6.45, 7) is 0. The zero-order valence-electron chi connectivity index (χ0n) is 29.6. The number of nitrogens with zero attached hydrogens (tertiary/aromatic N) is 3. The van der Waals surface area contributed by atoms with Crippen molar-refractivity contribution in [1.82, 2.24) is 15.0 Å². The van der Waals surface area contributed by atoms with Crippen LogP contribution in [0.5, 0.6) is 0 Å². The first kappa shape index (κ1) is 31.1. The third-order valence-electron chi connectivity index (χ3n) is 10.7. The van der Waals surface area contributed by atoms with Crippen LogP contribution in [-0.4, -0.2) is 15.0 Å². The molecule has 256 valence electrons. The molecule has 11 aromatic rings. The Labute approximate surface area is 317 Å². The Morgan fingerprint density at radius 3 is 1.67 bits per heavy atom. The van der Waals surface area contributed by atoms with Gasteiger partial charge in [-0.1, -0.05) is 152 Å². The van der Waals surface area contributed by atoms with E-state index in [4.69, 9.17) is 19.4 Å². The van der Waals surface area contributed by atoms with Gasteiger partial charge in [0.25, 0.3) is 0 Å². The van der Waals surface area contributed by atoms with Crippen LogP contribution >= 0.6 is 0 Å². The van der Waals surface area contributed by atoms with Crippen LogP contribution in [0.3, 0.4) is 0 Å². The summed E-state index contributed by atoms with van der Waals surface area (Å²) < 4.78 is 6.20. The van der Waals surface area contributed by atoms with Crippen molar-refractivity contribution in [3.05, 3.63) is 188 Å². The van der Waals surface area contributed by atoms with Gasteiger partial charge in [0.2, 0.25) is 0 Å². The molecule has 0 spiro atoms. The Hall–Kier alpha value is -7.43. The van der Waals surface area contributed by atoms with E-state index < -0.39 is 0 Å². The van der Waals surface area contributed by atoms with E-state index in [1.807, 2.05) is 12.1 Å². The number of hydrogen-bond donors (Lipinski definition) is 0. The Balaban J connectivity index is 1.09. The normalized spacial score (nSPS) is 11.6. The van der Waals surface area contributed by atoms with Crippen LogP contribution in [0.2, 0.25) is 0 Å². The fraction of sp³-hybridized carbons (Fsp3) is 0. The van der Waals surface area contributed by atoms with E-state index in [1.54, 1.807) is 0 Å². The summed E-state index contributed by atoms with van der Waals surface area (Å²) >= 11 is 0. The third-order valence-corrected chi connectivity index (χ3v) is 10.7. The number of rotatable bonds is 5. The molecule has 0 aliphatic heterocycles. The number of para-hydroxylation sites is 1. The van der Waals surface area contributed by atoms with Crippen LogP contribution in [0.4, 0.5) is 0 Å². The molecule has 0 aliphatic carbocycles. The molecular formula is C51H31N3O. The van der Waals surface area contributed by atoms with E-state index in [9.17, 15) is 0 Å². The van der Waals surface area contributed by atoms with Gasteiger partial charge >= 0.3 is 0 Å². The van der Waals surface area contributed by atoms with Gasteiger partial charge in [-0.2, -0.15) is 0 Å². The predicted molar refractivity (Wildman–Crippen MR) is 227 cm³/mol. The monoisotopic (exact) mass is 701 g/mol. The Kier molecular flexibility index (Phi) is 7.14. The highest BCUT2D eigenvalue weighted by molar-refractivity contribution is 6.10. The smallest absolute Gasteiger partial charge is 0.164 e. The molecule has 0 bridgehead atoms. The van der Waals surface area contributed by atoms with Gasteiger partial charge in [-0.25, -0.2) is 15.0 Å². The number of benzene rings is 9. The fourth-order valence-electron chi connectivity index (χ4n) is 7.94. The standard InChI is InChI=1S/C51H31N3O/c1-2-11-33(12-3-1)45-30-40(27-37-14-5-7-17-43(37)45)51-53-49(35-23-21-34(22-24-35)42-19-10-15-32-13-4-6-16-41(32)42)52-50(54-51)38-26-25-36-31-48-46(29-39(36)28-38)44-18-8-9-20-47(44)55-48/h1-31H. The van der Waals surface area contributed by atoms with Crippen LogP contribution in [0, 0.1) is 0 Å². The fourth-order valence-corrected chi connectivity index (χ4v) is 7.94. The maximum atomic E-state index is 6.20. The van der Waals surface area contributed by atoms with Crippen molar-refractivity contribution in [2.75, 3.05) is 0 Å². The quantitative estimate of drug-likeness (QED) is 0.179. The van der Waals surface area contributed by atoms with E-state index >= 15 is 0 Å². The van der Waals surface area contributed by atoms with Crippen LogP contribution < -0.4 is 0 Å². The van der Waals surface area contributed by atoms with Gasteiger partial charge in [0, 0.05) is 27.5 Å². The molecule has 0 radical (unpaired) electrons. The minimum Gasteiger partial charge on any atom is -0.456 e. The molecule has 0 fully saturated rings. The second-order valence-corrected chi connectivity index (χ2v) is 14.0. The van der Waals surface area contributed by atoms with E-state index in [-0.39, 0.29) is 0 Å². The van der Waals surface area contributed by atoms with Crippen molar-refractivity contribution in [3.63, 3.8) is 0 Å². The molecule has 55 heavy (non-hydrogen) atoms. The summed E-state index contributed by atoms with van der Waals surface area (Å²) in [5, 5.41) is 9.14. The SMILES string of the molecule is c1ccc(-c2cc(-c3nc(-c4ccc(-c5cccc6ccccc56)cc4)nc(-c4ccc5cc6oc7ccccc7c6cc5c4)n3)cc3ccccc23)cc1. The average molecular weight is 702 g/mol. The molecule has 0 N–H and O–H groups in total. The Morgan fingerprint density at radius 2 is 0.855 bits per heavy atom. The van der Waals surface area contributed by atoms with Gasteiger partial charge in [0.1, 0.15) is 11.2 Å². The lowest BCUT2D eigenvalue weighted by molar-refractivity contribution is 0.669. The molecule has 4 heteroatoms. The van der Waals surface area contributed by atoms with Crippen molar-refractivity contribution in [1.29, 1.82) is 0 Å². The topological polar surface area (TPSA) is 51.8 Å². The summed E-state index contributed by atoms with van der Waals surface area (Å²) in [5.41, 5.74) is 9.16. The molecule has 0 unspecified atom stereocenters. The van der Waals surface area contributed by atoms with Gasteiger partial charge in [0.05, 0.1) is 0 Å². The van der Waals surface area contributed by atoms with Crippen LogP contribution in [-0.2, 0) is 0 Å². The van der Waals surface area contributed by atoms with E-state index in [2.05, 4.69) is 176 Å². The zero-order valence-corrected chi connectivity index (χ0v) is 29.6. The molecule has 0 saturated carbocycles. The van der Waals surface area contributed by atoms with Crippen LogP contribution in [0.1, 0.15) is 0 Å². The maximum absolute atomic E-state index is 6.20. The Bertz CT molecular complexity index is 3250. The van der Waals surface area contributed by atoms with E-state index in [0.717, 1.165) is 71.5 Å². The lowest BCUT2D eigenvalue weighted by Crippen LogP contribution is -2.00. The zero-order chi connectivity index (χ0) is 36.3. The van der Waals surface area contributed by atoms with Crippen molar-refractivity contribution in [3.8, 4) is 56.4 Å². The van der Waals surface area contributed by atoms with Crippen LogP contribution in [0.25, 0.3) is 111 Å². The average Bonchev–Trinajstić information content (AvgIpc) is 3.62. The summed E-state index contributed by atoms with van der Waals surface area (Å²) in [7, 11) is 0. The summed E-state index contributed by atoms with van der Waals surface area (Å²) in [5.74, 6) is 1.86. The molecule has 0 saturated heterocycles. The second kappa shape index (κ2) is 12.6. The van der Waals surface area contributed by atoms with Gasteiger partial charge < -0.3 is 4.42 Å². The second-order valence-electron chi connectivity index (χ2n) is 14.0. The van der Waals surface area contributed by atoms with E-state index in [1.165, 1.54) is 21.7 Å². The minimum atomic E-state index is 0.617.